The summed E-state index contributed by atoms with van der Waals surface area (Å²) in [6.45, 7) is 3.80. The Morgan fingerprint density at radius 1 is 1.28 bits per heavy atom. The molecule has 29 heavy (non-hydrogen) atoms. The molecule has 0 spiro atoms. The Bertz CT molecular complexity index is 917. The number of thioether (sulfide) groups is 1. The molecule has 1 aliphatic heterocycles. The Hall–Kier alpha value is -1.90. The maximum Gasteiger partial charge on any atom is 0.191 e. The molecule has 1 atom stereocenters. The maximum absolute atomic E-state index is 5.89. The fourth-order valence-corrected chi connectivity index (χ4v) is 5.23. The lowest BCUT2D eigenvalue weighted by atomic mass is 10.2. The van der Waals surface area contributed by atoms with Crippen LogP contribution in [-0.4, -0.2) is 39.6 Å². The molecular formula is C21H26N4O2S2. The van der Waals surface area contributed by atoms with Crippen molar-refractivity contribution >= 4 is 23.1 Å². The van der Waals surface area contributed by atoms with Gasteiger partial charge >= 0.3 is 0 Å². The summed E-state index contributed by atoms with van der Waals surface area (Å²) in [7, 11) is 1.67. The van der Waals surface area contributed by atoms with E-state index in [-0.39, 0.29) is 6.10 Å². The number of benzene rings is 1. The van der Waals surface area contributed by atoms with E-state index in [2.05, 4.69) is 27.1 Å². The summed E-state index contributed by atoms with van der Waals surface area (Å²) >= 11 is 3.44. The highest BCUT2D eigenvalue weighted by Gasteiger charge is 2.22. The van der Waals surface area contributed by atoms with E-state index in [4.69, 9.17) is 14.5 Å². The fraction of sp³-hybridized carbons (Fsp3) is 0.476. The van der Waals surface area contributed by atoms with Gasteiger partial charge in [0.25, 0.3) is 0 Å². The second-order valence-corrected chi connectivity index (χ2v) is 8.94. The lowest BCUT2D eigenvalue weighted by Gasteiger charge is -2.14. The van der Waals surface area contributed by atoms with Crippen LogP contribution in [0.25, 0.3) is 11.4 Å². The topological polar surface area (TPSA) is 62.1 Å². The Morgan fingerprint density at radius 2 is 2.14 bits per heavy atom. The second kappa shape index (κ2) is 9.73. The molecule has 0 N–H and O–H groups in total. The first kappa shape index (κ1) is 20.4. The van der Waals surface area contributed by atoms with Crippen LogP contribution in [0.5, 0.6) is 5.75 Å². The van der Waals surface area contributed by atoms with Gasteiger partial charge in [-0.1, -0.05) is 18.7 Å². The molecular weight excluding hydrogens is 404 g/mol. The number of methoxy groups -OCH3 is 1. The summed E-state index contributed by atoms with van der Waals surface area (Å²) in [5.74, 6) is 2.50. The van der Waals surface area contributed by atoms with Gasteiger partial charge < -0.3 is 9.47 Å². The van der Waals surface area contributed by atoms with E-state index in [0.717, 1.165) is 72.6 Å². The van der Waals surface area contributed by atoms with Gasteiger partial charge in [0.15, 0.2) is 11.0 Å². The Balaban J connectivity index is 1.55. The normalized spacial score (nSPS) is 16.4. The molecule has 0 saturated carbocycles. The third-order valence-electron chi connectivity index (χ3n) is 4.89. The van der Waals surface area contributed by atoms with Crippen LogP contribution in [0, 0.1) is 0 Å². The maximum atomic E-state index is 5.89. The number of aryl methyl sites for hydroxylation is 1. The molecule has 1 aromatic carbocycles. The zero-order valence-electron chi connectivity index (χ0n) is 16.8. The predicted molar refractivity (Wildman–Crippen MR) is 117 cm³/mol. The first-order valence-electron chi connectivity index (χ1n) is 10.0. The van der Waals surface area contributed by atoms with E-state index in [1.54, 1.807) is 30.2 Å². The third-order valence-corrected chi connectivity index (χ3v) is 6.85. The van der Waals surface area contributed by atoms with E-state index in [1.165, 1.54) is 5.01 Å². The van der Waals surface area contributed by atoms with Gasteiger partial charge in [-0.05, 0) is 49.9 Å². The molecule has 0 aliphatic carbocycles. The molecule has 1 fully saturated rings. The van der Waals surface area contributed by atoms with Crippen LogP contribution in [0.3, 0.4) is 0 Å². The van der Waals surface area contributed by atoms with Crippen LogP contribution in [0.2, 0.25) is 0 Å². The van der Waals surface area contributed by atoms with Crippen LogP contribution in [0.1, 0.15) is 36.9 Å². The van der Waals surface area contributed by atoms with Crippen molar-refractivity contribution in [1.29, 1.82) is 0 Å². The van der Waals surface area contributed by atoms with Crippen molar-refractivity contribution in [2.75, 3.05) is 13.7 Å². The molecule has 1 saturated heterocycles. The molecule has 0 radical (unpaired) electrons. The minimum atomic E-state index is 0.220. The molecule has 154 valence electrons. The molecule has 1 unspecified atom stereocenters. The van der Waals surface area contributed by atoms with Gasteiger partial charge in [0.05, 0.1) is 30.5 Å². The summed E-state index contributed by atoms with van der Waals surface area (Å²) in [5.41, 5.74) is 2.14. The highest BCUT2D eigenvalue weighted by Crippen LogP contribution is 2.29. The van der Waals surface area contributed by atoms with Crippen LogP contribution >= 0.6 is 23.1 Å². The molecule has 2 aromatic heterocycles. The van der Waals surface area contributed by atoms with E-state index in [0.29, 0.717) is 0 Å². The number of ether oxygens (including phenoxy) is 2. The highest BCUT2D eigenvalue weighted by molar-refractivity contribution is 7.98. The summed E-state index contributed by atoms with van der Waals surface area (Å²) in [4.78, 5) is 4.73. The lowest BCUT2D eigenvalue weighted by molar-refractivity contribution is 0.0953. The average molecular weight is 431 g/mol. The SMILES string of the molecule is CCCc1nc(CSc2nnc(-c3ccc(OC)cc3)n2CC2CCCO2)cs1. The molecule has 3 heterocycles. The quantitative estimate of drug-likeness (QED) is 0.453. The van der Waals surface area contributed by atoms with Crippen molar-refractivity contribution in [3.63, 3.8) is 0 Å². The van der Waals surface area contributed by atoms with E-state index in [1.807, 2.05) is 24.3 Å². The third kappa shape index (κ3) is 4.99. The van der Waals surface area contributed by atoms with Crippen LogP contribution < -0.4 is 4.74 Å². The van der Waals surface area contributed by atoms with Crippen LogP contribution in [0.15, 0.2) is 34.8 Å². The standard InChI is InChI=1S/C21H26N4O2S2/c1-3-5-19-22-16(13-28-19)14-29-21-24-23-20(15-7-9-17(26-2)10-8-15)25(21)12-18-6-4-11-27-18/h7-10,13,18H,3-6,11-12,14H2,1-2H3. The largest absolute Gasteiger partial charge is 0.497 e. The zero-order valence-corrected chi connectivity index (χ0v) is 18.5. The number of rotatable bonds is 9. The molecule has 8 heteroatoms. The van der Waals surface area contributed by atoms with E-state index < -0.39 is 0 Å². The molecule has 6 nitrogen and oxygen atoms in total. The van der Waals surface area contributed by atoms with Gasteiger partial charge in [-0.3, -0.25) is 4.57 Å². The average Bonchev–Trinajstić information content (AvgIpc) is 3.49. The van der Waals surface area contributed by atoms with Crippen molar-refractivity contribution in [3.05, 3.63) is 40.3 Å². The van der Waals surface area contributed by atoms with Crippen molar-refractivity contribution in [1.82, 2.24) is 19.7 Å². The fourth-order valence-electron chi connectivity index (χ4n) is 3.39. The highest BCUT2D eigenvalue weighted by atomic mass is 32.2. The first-order chi connectivity index (χ1) is 14.3. The summed E-state index contributed by atoms with van der Waals surface area (Å²) < 4.78 is 13.4. The minimum absolute atomic E-state index is 0.220. The smallest absolute Gasteiger partial charge is 0.191 e. The summed E-state index contributed by atoms with van der Waals surface area (Å²) in [6.07, 6.45) is 4.59. The first-order valence-corrected chi connectivity index (χ1v) is 11.9. The Labute approximate surface area is 179 Å². The van der Waals surface area contributed by atoms with Crippen LogP contribution in [0.4, 0.5) is 0 Å². The van der Waals surface area contributed by atoms with Gasteiger partial charge in [-0.2, -0.15) is 0 Å². The number of aromatic nitrogens is 4. The van der Waals surface area contributed by atoms with E-state index >= 15 is 0 Å². The molecule has 0 amide bonds. The minimum Gasteiger partial charge on any atom is -0.497 e. The Morgan fingerprint density at radius 3 is 2.86 bits per heavy atom. The van der Waals surface area contributed by atoms with Crippen molar-refractivity contribution in [2.24, 2.45) is 0 Å². The van der Waals surface area contributed by atoms with Gasteiger partial charge in [0.1, 0.15) is 5.75 Å². The second-order valence-electron chi connectivity index (χ2n) is 7.05. The number of hydrogen-bond acceptors (Lipinski definition) is 7. The lowest BCUT2D eigenvalue weighted by Crippen LogP contribution is -2.16. The van der Waals surface area contributed by atoms with Crippen molar-refractivity contribution in [3.8, 4) is 17.1 Å². The van der Waals surface area contributed by atoms with E-state index in [9.17, 15) is 0 Å². The molecule has 0 bridgehead atoms. The summed E-state index contributed by atoms with van der Waals surface area (Å²) in [6, 6.07) is 7.97. The zero-order chi connectivity index (χ0) is 20.1. The monoisotopic (exact) mass is 430 g/mol. The molecule has 4 rings (SSSR count). The summed E-state index contributed by atoms with van der Waals surface area (Å²) in [5, 5.41) is 13.3. The van der Waals surface area contributed by atoms with Crippen LogP contribution in [-0.2, 0) is 23.5 Å². The number of thiazole rings is 1. The van der Waals surface area contributed by atoms with Crippen molar-refractivity contribution in [2.45, 2.75) is 56.2 Å². The van der Waals surface area contributed by atoms with Gasteiger partial charge in [0, 0.05) is 23.3 Å². The molecule has 1 aliphatic rings. The molecule has 3 aromatic rings. The van der Waals surface area contributed by atoms with Gasteiger partial charge in [-0.15, -0.1) is 21.5 Å². The van der Waals surface area contributed by atoms with Crippen molar-refractivity contribution < 1.29 is 9.47 Å². The van der Waals surface area contributed by atoms with Gasteiger partial charge in [-0.25, -0.2) is 4.98 Å². The van der Waals surface area contributed by atoms with Gasteiger partial charge in [0.2, 0.25) is 0 Å². The number of hydrogen-bond donors (Lipinski definition) is 0. The Kier molecular flexibility index (Phi) is 6.84. The predicted octanol–water partition coefficient (Wildman–Crippen LogP) is 4.83. The number of nitrogens with zero attached hydrogens (tertiary/aromatic N) is 4.